The predicted molar refractivity (Wildman–Crippen MR) is 70.3 cm³/mol. The minimum Gasteiger partial charge on any atom is -0.384 e. The molecule has 0 aliphatic carbocycles. The van der Waals surface area contributed by atoms with Gasteiger partial charge in [-0.05, 0) is 24.8 Å². The van der Waals surface area contributed by atoms with E-state index in [1.54, 1.807) is 12.1 Å². The Labute approximate surface area is 112 Å². The Bertz CT molecular complexity index is 442. The highest BCUT2D eigenvalue weighted by atomic mass is 35.5. The van der Waals surface area contributed by atoms with Gasteiger partial charge in [-0.2, -0.15) is 8.78 Å². The zero-order valence-corrected chi connectivity index (χ0v) is 12.1. The second-order valence-corrected chi connectivity index (χ2v) is 6.43. The van der Waals surface area contributed by atoms with E-state index in [2.05, 4.69) is 0 Å². The van der Waals surface area contributed by atoms with Gasteiger partial charge in [0.25, 0.3) is 0 Å². The lowest BCUT2D eigenvalue weighted by Gasteiger charge is -2.31. The molecule has 0 aliphatic heterocycles. The van der Waals surface area contributed by atoms with Gasteiger partial charge in [0.15, 0.2) is 0 Å². The quantitative estimate of drug-likeness (QED) is 0.843. The first-order valence-electron chi connectivity index (χ1n) is 5.78. The van der Waals surface area contributed by atoms with Crippen molar-refractivity contribution in [3.05, 3.63) is 34.3 Å². The zero-order valence-electron chi connectivity index (χ0n) is 11.3. The van der Waals surface area contributed by atoms with Crippen LogP contribution in [0.25, 0.3) is 0 Å². The second kappa shape index (κ2) is 4.46. The summed E-state index contributed by atoms with van der Waals surface area (Å²) < 4.78 is 28.3. The summed E-state index contributed by atoms with van der Waals surface area (Å²) in [5.41, 5.74) is -2.18. The van der Waals surface area contributed by atoms with Gasteiger partial charge in [0.1, 0.15) is 5.60 Å². The molecule has 0 atom stereocenters. The van der Waals surface area contributed by atoms with Gasteiger partial charge in [-0.3, -0.25) is 0 Å². The Balaban J connectivity index is 3.46. The van der Waals surface area contributed by atoms with E-state index in [1.165, 1.54) is 6.07 Å². The average molecular weight is 277 g/mol. The Morgan fingerprint density at radius 2 is 1.44 bits per heavy atom. The van der Waals surface area contributed by atoms with Crippen molar-refractivity contribution in [2.75, 3.05) is 0 Å². The van der Waals surface area contributed by atoms with Crippen molar-refractivity contribution < 1.29 is 13.9 Å². The van der Waals surface area contributed by atoms with Crippen LogP contribution in [0.3, 0.4) is 0 Å². The molecule has 0 saturated heterocycles. The minimum atomic E-state index is -3.40. The topological polar surface area (TPSA) is 20.2 Å². The van der Waals surface area contributed by atoms with E-state index in [4.69, 9.17) is 11.6 Å². The predicted octanol–water partition coefficient (Wildman–Crippen LogP) is 4.50. The highest BCUT2D eigenvalue weighted by Gasteiger charge is 2.48. The summed E-state index contributed by atoms with van der Waals surface area (Å²) in [6.07, 6.45) is 0. The fraction of sp³-hybridized carbons (Fsp3) is 0.571. The van der Waals surface area contributed by atoms with Crippen LogP contribution in [-0.4, -0.2) is 10.7 Å². The third kappa shape index (κ3) is 2.67. The van der Waals surface area contributed by atoms with E-state index in [-0.39, 0.29) is 16.0 Å². The molecule has 0 aliphatic rings. The van der Waals surface area contributed by atoms with Crippen molar-refractivity contribution in [1.29, 1.82) is 0 Å². The number of hydrogen-bond acceptors (Lipinski definition) is 1. The first-order chi connectivity index (χ1) is 7.89. The minimum absolute atomic E-state index is 0.0251. The van der Waals surface area contributed by atoms with Gasteiger partial charge in [0.05, 0.1) is 5.02 Å². The molecule has 1 N–H and O–H groups in total. The highest BCUT2D eigenvalue weighted by Crippen LogP contribution is 2.44. The molecule has 0 spiro atoms. The molecule has 1 aromatic carbocycles. The van der Waals surface area contributed by atoms with Crippen LogP contribution in [0, 0.1) is 0 Å². The third-order valence-corrected chi connectivity index (χ3v) is 3.32. The first kappa shape index (κ1) is 15.4. The molecule has 0 unspecified atom stereocenters. The van der Waals surface area contributed by atoms with Gasteiger partial charge in [0.2, 0.25) is 0 Å². The van der Waals surface area contributed by atoms with Gasteiger partial charge < -0.3 is 5.11 Å². The number of alkyl halides is 2. The Hall–Kier alpha value is -0.670. The van der Waals surface area contributed by atoms with Gasteiger partial charge in [-0.1, -0.05) is 50.6 Å². The molecule has 18 heavy (non-hydrogen) atoms. The number of aliphatic hydroxyl groups is 1. The molecule has 0 radical (unpaired) electrons. The maximum absolute atomic E-state index is 14.2. The lowest BCUT2D eigenvalue weighted by Crippen LogP contribution is -2.40. The molecular formula is C14H19ClF2O. The van der Waals surface area contributed by atoms with E-state index in [9.17, 15) is 13.9 Å². The second-order valence-electron chi connectivity index (χ2n) is 6.05. The maximum Gasteiger partial charge on any atom is 0.302 e. The van der Waals surface area contributed by atoms with Gasteiger partial charge in [0, 0.05) is 5.56 Å². The van der Waals surface area contributed by atoms with Crippen LogP contribution in [0.4, 0.5) is 8.78 Å². The van der Waals surface area contributed by atoms with E-state index >= 15 is 0 Å². The molecular weight excluding hydrogens is 258 g/mol. The lowest BCUT2D eigenvalue weighted by atomic mass is 9.83. The average Bonchev–Trinajstić information content (AvgIpc) is 2.13. The van der Waals surface area contributed by atoms with Crippen molar-refractivity contribution >= 4 is 11.6 Å². The fourth-order valence-electron chi connectivity index (χ4n) is 1.68. The molecule has 0 heterocycles. The monoisotopic (exact) mass is 276 g/mol. The molecule has 0 aromatic heterocycles. The summed E-state index contributed by atoms with van der Waals surface area (Å²) in [4.78, 5) is 0. The van der Waals surface area contributed by atoms with E-state index < -0.39 is 11.5 Å². The molecule has 102 valence electrons. The van der Waals surface area contributed by atoms with Crippen molar-refractivity contribution in [3.8, 4) is 0 Å². The standard InChI is InChI=1S/C14H19ClF2O/c1-12(2,3)9-7-6-8-10(11(9)15)14(16,17)13(4,5)18/h6-8,18H,1-5H3. The molecule has 4 heteroatoms. The Kier molecular flexibility index (Phi) is 3.81. The number of hydrogen-bond donors (Lipinski definition) is 1. The molecule has 0 fully saturated rings. The molecule has 1 nitrogen and oxygen atoms in total. The smallest absolute Gasteiger partial charge is 0.302 e. The van der Waals surface area contributed by atoms with Crippen LogP contribution in [0.1, 0.15) is 45.7 Å². The van der Waals surface area contributed by atoms with Crippen LogP contribution in [0.2, 0.25) is 5.02 Å². The van der Waals surface area contributed by atoms with Crippen LogP contribution < -0.4 is 0 Å². The molecule has 0 bridgehead atoms. The normalized spacial score (nSPS) is 13.8. The van der Waals surface area contributed by atoms with Crippen molar-refractivity contribution in [2.45, 2.75) is 51.6 Å². The summed E-state index contributed by atoms with van der Waals surface area (Å²) >= 11 is 6.09. The van der Waals surface area contributed by atoms with Gasteiger partial charge >= 0.3 is 5.92 Å². The Morgan fingerprint density at radius 3 is 1.83 bits per heavy atom. The molecule has 1 rings (SSSR count). The number of halogens is 3. The maximum atomic E-state index is 14.2. The molecule has 0 saturated carbocycles. The third-order valence-electron chi connectivity index (χ3n) is 2.91. The van der Waals surface area contributed by atoms with Crippen LogP contribution in [-0.2, 0) is 11.3 Å². The van der Waals surface area contributed by atoms with Crippen molar-refractivity contribution in [1.82, 2.24) is 0 Å². The van der Waals surface area contributed by atoms with Crippen molar-refractivity contribution in [2.24, 2.45) is 0 Å². The molecule has 1 aromatic rings. The largest absolute Gasteiger partial charge is 0.384 e. The summed E-state index contributed by atoms with van der Waals surface area (Å²) in [6.45, 7) is 7.86. The summed E-state index contributed by atoms with van der Waals surface area (Å²) in [7, 11) is 0. The fourth-order valence-corrected chi connectivity index (χ4v) is 2.21. The van der Waals surface area contributed by atoms with Crippen LogP contribution in [0.15, 0.2) is 18.2 Å². The summed E-state index contributed by atoms with van der Waals surface area (Å²) in [5.74, 6) is -3.40. The zero-order chi connectivity index (χ0) is 14.4. The van der Waals surface area contributed by atoms with Crippen LogP contribution in [0.5, 0.6) is 0 Å². The summed E-state index contributed by atoms with van der Waals surface area (Å²) in [5, 5.41) is 9.63. The van der Waals surface area contributed by atoms with E-state index in [0.29, 0.717) is 5.56 Å². The van der Waals surface area contributed by atoms with Crippen LogP contribution >= 0.6 is 11.6 Å². The molecule has 0 amide bonds. The number of benzene rings is 1. The van der Waals surface area contributed by atoms with E-state index in [1.807, 2.05) is 20.8 Å². The lowest BCUT2D eigenvalue weighted by molar-refractivity contribution is -0.168. The van der Waals surface area contributed by atoms with Gasteiger partial charge in [-0.25, -0.2) is 0 Å². The van der Waals surface area contributed by atoms with E-state index in [0.717, 1.165) is 13.8 Å². The number of rotatable bonds is 2. The first-order valence-corrected chi connectivity index (χ1v) is 6.16. The highest BCUT2D eigenvalue weighted by molar-refractivity contribution is 6.32. The van der Waals surface area contributed by atoms with Gasteiger partial charge in [-0.15, -0.1) is 0 Å². The summed E-state index contributed by atoms with van der Waals surface area (Å²) in [6, 6.07) is 4.53. The SMILES string of the molecule is CC(C)(C)c1cccc(C(F)(F)C(C)(C)O)c1Cl. The Morgan fingerprint density at radius 1 is 1.00 bits per heavy atom. The van der Waals surface area contributed by atoms with Crippen molar-refractivity contribution in [3.63, 3.8) is 0 Å².